The Morgan fingerprint density at radius 2 is 2.17 bits per heavy atom. The van der Waals surface area contributed by atoms with Gasteiger partial charge in [-0.05, 0) is 37.3 Å². The van der Waals surface area contributed by atoms with Crippen molar-refractivity contribution in [1.82, 2.24) is 4.98 Å². The van der Waals surface area contributed by atoms with E-state index in [9.17, 15) is 4.79 Å². The molecular formula is C17H20N2O3S. The summed E-state index contributed by atoms with van der Waals surface area (Å²) in [4.78, 5) is 18.4. The molecule has 0 radical (unpaired) electrons. The Bertz CT molecular complexity index is 727. The van der Waals surface area contributed by atoms with Gasteiger partial charge in [-0.25, -0.2) is 4.98 Å². The highest BCUT2D eigenvalue weighted by Crippen LogP contribution is 2.34. The molecule has 1 N–H and O–H groups in total. The molecule has 1 aliphatic rings. The first-order chi connectivity index (χ1) is 11.1. The summed E-state index contributed by atoms with van der Waals surface area (Å²) in [6, 6.07) is 5.25. The highest BCUT2D eigenvalue weighted by molar-refractivity contribution is 7.15. The number of ether oxygens (including phenoxy) is 2. The van der Waals surface area contributed by atoms with E-state index in [-0.39, 0.29) is 5.91 Å². The number of amides is 1. The number of carbonyl (C=O) groups excluding carboxylic acids is 1. The van der Waals surface area contributed by atoms with Crippen molar-refractivity contribution >= 4 is 22.4 Å². The molecule has 2 aromatic rings. The molecule has 23 heavy (non-hydrogen) atoms. The van der Waals surface area contributed by atoms with Gasteiger partial charge in [0.2, 0.25) is 0 Å². The maximum Gasteiger partial charge on any atom is 0.261 e. The van der Waals surface area contributed by atoms with Gasteiger partial charge in [-0.1, -0.05) is 13.0 Å². The van der Waals surface area contributed by atoms with E-state index in [0.29, 0.717) is 28.1 Å². The van der Waals surface area contributed by atoms with Gasteiger partial charge in [0.25, 0.3) is 5.91 Å². The Hall–Kier alpha value is -2.08. The number of aromatic nitrogens is 1. The van der Waals surface area contributed by atoms with E-state index in [4.69, 9.17) is 9.47 Å². The lowest BCUT2D eigenvalue weighted by molar-refractivity contribution is 0.102. The van der Waals surface area contributed by atoms with Crippen molar-refractivity contribution in [3.8, 4) is 11.5 Å². The van der Waals surface area contributed by atoms with E-state index in [2.05, 4.69) is 17.2 Å². The molecule has 1 aromatic carbocycles. The molecule has 0 saturated carbocycles. The lowest BCUT2D eigenvalue weighted by Gasteiger charge is -2.15. The van der Waals surface area contributed by atoms with Crippen molar-refractivity contribution in [2.75, 3.05) is 19.5 Å². The Labute approximate surface area is 139 Å². The molecule has 0 fully saturated rings. The maximum absolute atomic E-state index is 12.6. The van der Waals surface area contributed by atoms with Crippen LogP contribution in [0.1, 0.15) is 34.3 Å². The van der Waals surface area contributed by atoms with Gasteiger partial charge in [0, 0.05) is 4.88 Å². The minimum Gasteiger partial charge on any atom is -0.493 e. The van der Waals surface area contributed by atoms with E-state index < -0.39 is 0 Å². The van der Waals surface area contributed by atoms with Crippen molar-refractivity contribution in [1.29, 1.82) is 0 Å². The average molecular weight is 332 g/mol. The SMILES string of the molecule is COc1cccc(C(=O)Nc2nc3c(s2)C[C@@H](C)CC3)c1OC. The summed E-state index contributed by atoms with van der Waals surface area (Å²) in [6.07, 6.45) is 3.20. The first-order valence-electron chi connectivity index (χ1n) is 7.63. The Balaban J connectivity index is 1.83. The number of hydrogen-bond donors (Lipinski definition) is 1. The third kappa shape index (κ3) is 3.17. The van der Waals surface area contributed by atoms with Crippen molar-refractivity contribution < 1.29 is 14.3 Å². The van der Waals surface area contributed by atoms with Crippen LogP contribution in [0, 0.1) is 5.92 Å². The lowest BCUT2D eigenvalue weighted by Crippen LogP contribution is -2.13. The maximum atomic E-state index is 12.6. The van der Waals surface area contributed by atoms with Crippen LogP contribution in [0.2, 0.25) is 0 Å². The predicted molar refractivity (Wildman–Crippen MR) is 90.8 cm³/mol. The van der Waals surface area contributed by atoms with Crippen molar-refractivity contribution in [3.63, 3.8) is 0 Å². The van der Waals surface area contributed by atoms with Crippen LogP contribution < -0.4 is 14.8 Å². The second-order valence-corrected chi connectivity index (χ2v) is 6.82. The number of carbonyl (C=O) groups is 1. The van der Waals surface area contributed by atoms with E-state index in [1.165, 1.54) is 12.0 Å². The van der Waals surface area contributed by atoms with E-state index >= 15 is 0 Å². The summed E-state index contributed by atoms with van der Waals surface area (Å²) in [5.41, 5.74) is 1.56. The van der Waals surface area contributed by atoms with Crippen LogP contribution in [0.4, 0.5) is 5.13 Å². The number of para-hydroxylation sites is 1. The number of thiazole rings is 1. The summed E-state index contributed by atoms with van der Waals surface area (Å²) in [6.45, 7) is 2.25. The third-order valence-electron chi connectivity index (χ3n) is 4.05. The summed E-state index contributed by atoms with van der Waals surface area (Å²) in [7, 11) is 3.08. The molecule has 6 heteroatoms. The standard InChI is InChI=1S/C17H20N2O3S/c1-10-7-8-12-14(9-10)23-17(18-12)19-16(20)11-5-4-6-13(21-2)15(11)22-3/h4-6,10H,7-9H2,1-3H3,(H,18,19,20)/t10-/m0/s1. The summed E-state index contributed by atoms with van der Waals surface area (Å²) >= 11 is 1.57. The Morgan fingerprint density at radius 1 is 1.35 bits per heavy atom. The molecule has 1 aromatic heterocycles. The third-order valence-corrected chi connectivity index (χ3v) is 5.09. The number of nitrogens with zero attached hydrogens (tertiary/aromatic N) is 1. The monoisotopic (exact) mass is 332 g/mol. The van der Waals surface area contributed by atoms with Crippen molar-refractivity contribution in [2.45, 2.75) is 26.2 Å². The van der Waals surface area contributed by atoms with Crippen LogP contribution in [0.3, 0.4) is 0 Å². The molecule has 0 bridgehead atoms. The fourth-order valence-electron chi connectivity index (χ4n) is 2.82. The van der Waals surface area contributed by atoms with Crippen LogP contribution in [-0.2, 0) is 12.8 Å². The normalized spacial score (nSPS) is 16.6. The number of hydrogen-bond acceptors (Lipinski definition) is 5. The summed E-state index contributed by atoms with van der Waals surface area (Å²) in [5, 5.41) is 3.54. The van der Waals surface area contributed by atoms with E-state index in [1.54, 1.807) is 36.6 Å². The van der Waals surface area contributed by atoms with E-state index in [1.807, 2.05) is 0 Å². The van der Waals surface area contributed by atoms with Gasteiger partial charge in [-0.3, -0.25) is 10.1 Å². The molecule has 0 spiro atoms. The molecule has 122 valence electrons. The summed E-state index contributed by atoms with van der Waals surface area (Å²) in [5.74, 6) is 1.42. The second kappa shape index (κ2) is 6.58. The van der Waals surface area contributed by atoms with Gasteiger partial charge in [-0.2, -0.15) is 0 Å². The zero-order valence-corrected chi connectivity index (χ0v) is 14.3. The molecule has 1 atom stereocenters. The van der Waals surface area contributed by atoms with Gasteiger partial charge in [-0.15, -0.1) is 11.3 Å². The number of benzene rings is 1. The number of fused-ring (bicyclic) bond motifs is 1. The van der Waals surface area contributed by atoms with Gasteiger partial charge < -0.3 is 9.47 Å². The predicted octanol–water partition coefficient (Wildman–Crippen LogP) is 3.54. The number of anilines is 1. The van der Waals surface area contributed by atoms with Gasteiger partial charge in [0.1, 0.15) is 0 Å². The van der Waals surface area contributed by atoms with Crippen LogP contribution >= 0.6 is 11.3 Å². The Morgan fingerprint density at radius 3 is 2.91 bits per heavy atom. The van der Waals surface area contributed by atoms with Gasteiger partial charge in [0.15, 0.2) is 16.6 Å². The first-order valence-corrected chi connectivity index (χ1v) is 8.45. The molecule has 1 aliphatic carbocycles. The topological polar surface area (TPSA) is 60.5 Å². The van der Waals surface area contributed by atoms with Crippen LogP contribution in [0.25, 0.3) is 0 Å². The minimum atomic E-state index is -0.236. The van der Waals surface area contributed by atoms with E-state index in [0.717, 1.165) is 25.0 Å². The molecule has 1 amide bonds. The smallest absolute Gasteiger partial charge is 0.261 e. The number of methoxy groups -OCH3 is 2. The van der Waals surface area contributed by atoms with Crippen LogP contribution in [0.5, 0.6) is 11.5 Å². The fraction of sp³-hybridized carbons (Fsp3) is 0.412. The average Bonchev–Trinajstić information content (AvgIpc) is 2.95. The van der Waals surface area contributed by atoms with Crippen LogP contribution in [0.15, 0.2) is 18.2 Å². The summed E-state index contributed by atoms with van der Waals surface area (Å²) < 4.78 is 10.6. The molecule has 0 aliphatic heterocycles. The number of nitrogens with one attached hydrogen (secondary N) is 1. The van der Waals surface area contributed by atoms with Crippen LogP contribution in [-0.4, -0.2) is 25.1 Å². The zero-order valence-electron chi connectivity index (χ0n) is 13.5. The molecule has 3 rings (SSSR count). The molecule has 1 heterocycles. The molecule has 5 nitrogen and oxygen atoms in total. The quantitative estimate of drug-likeness (QED) is 0.930. The lowest BCUT2D eigenvalue weighted by atomic mass is 9.93. The largest absolute Gasteiger partial charge is 0.493 e. The molecule has 0 unspecified atom stereocenters. The number of aryl methyl sites for hydroxylation is 1. The van der Waals surface area contributed by atoms with Gasteiger partial charge in [0.05, 0.1) is 25.5 Å². The van der Waals surface area contributed by atoms with Crippen molar-refractivity contribution in [3.05, 3.63) is 34.3 Å². The highest BCUT2D eigenvalue weighted by atomic mass is 32.1. The van der Waals surface area contributed by atoms with Gasteiger partial charge >= 0.3 is 0 Å². The molecular weight excluding hydrogens is 312 g/mol. The first kappa shape index (κ1) is 15.8. The Kier molecular flexibility index (Phi) is 4.52. The molecule has 0 saturated heterocycles. The number of rotatable bonds is 4. The minimum absolute atomic E-state index is 0.236. The zero-order chi connectivity index (χ0) is 16.4. The highest BCUT2D eigenvalue weighted by Gasteiger charge is 2.22. The fourth-order valence-corrected chi connectivity index (χ4v) is 3.99. The second-order valence-electron chi connectivity index (χ2n) is 5.73. The van der Waals surface area contributed by atoms with Crippen molar-refractivity contribution in [2.24, 2.45) is 5.92 Å².